The lowest BCUT2D eigenvalue weighted by Gasteiger charge is -2.33. The number of nitrogens with zero attached hydrogens (tertiary/aromatic N) is 1. The average Bonchev–Trinajstić information content (AvgIpc) is 2.73. The van der Waals surface area contributed by atoms with Gasteiger partial charge in [-0.15, -0.1) is 0 Å². The molecule has 1 aromatic carbocycles. The fourth-order valence-electron chi connectivity index (χ4n) is 3.07. The molecule has 0 saturated carbocycles. The Hall–Kier alpha value is -1.96. The number of hydrogen-bond donors (Lipinski definition) is 3. The highest BCUT2D eigenvalue weighted by molar-refractivity contribution is 6.00. The molecule has 0 aromatic heterocycles. The maximum absolute atomic E-state index is 12.7. The van der Waals surface area contributed by atoms with Crippen molar-refractivity contribution in [2.75, 3.05) is 32.8 Å². The minimum Gasteiger partial charge on any atom is -0.386 e. The maximum atomic E-state index is 12.7. The number of aliphatic hydroxyl groups is 1. The van der Waals surface area contributed by atoms with Crippen LogP contribution < -0.4 is 10.6 Å². The van der Waals surface area contributed by atoms with E-state index < -0.39 is 18.1 Å². The monoisotopic (exact) mass is 391 g/mol. The molecular weight excluding hydrogens is 358 g/mol. The molecule has 0 aliphatic carbocycles. The summed E-state index contributed by atoms with van der Waals surface area (Å²) in [5.41, 5.74) is 0.734. The Labute approximate surface area is 167 Å². The molecular formula is C21H33N3O4. The third-order valence-corrected chi connectivity index (χ3v) is 5.20. The Bertz CT molecular complexity index is 619. The van der Waals surface area contributed by atoms with Crippen LogP contribution in [0.2, 0.25) is 0 Å². The molecule has 7 nitrogen and oxygen atoms in total. The SMILES string of the molecule is CCC(C)NC(=O)C(C)C(=O)N[C@@H](CN1CCOCC1)[C@@H](O)c1ccccc1. The summed E-state index contributed by atoms with van der Waals surface area (Å²) in [6, 6.07) is 8.76. The summed E-state index contributed by atoms with van der Waals surface area (Å²) >= 11 is 0. The van der Waals surface area contributed by atoms with E-state index in [0.717, 1.165) is 25.1 Å². The van der Waals surface area contributed by atoms with Gasteiger partial charge in [0.2, 0.25) is 11.8 Å². The minimum atomic E-state index is -0.863. The van der Waals surface area contributed by atoms with Crippen molar-refractivity contribution >= 4 is 11.8 Å². The number of ether oxygens (including phenoxy) is 1. The van der Waals surface area contributed by atoms with Crippen molar-refractivity contribution in [3.05, 3.63) is 35.9 Å². The van der Waals surface area contributed by atoms with Crippen molar-refractivity contribution in [3.63, 3.8) is 0 Å². The molecule has 1 aliphatic rings. The number of morpholine rings is 1. The van der Waals surface area contributed by atoms with E-state index >= 15 is 0 Å². The van der Waals surface area contributed by atoms with Gasteiger partial charge in [-0.2, -0.15) is 0 Å². The zero-order valence-electron chi connectivity index (χ0n) is 17.1. The largest absolute Gasteiger partial charge is 0.386 e. The molecule has 2 rings (SSSR count). The number of aliphatic hydroxyl groups excluding tert-OH is 1. The first kappa shape index (κ1) is 22.3. The van der Waals surface area contributed by atoms with Crippen molar-refractivity contribution in [1.29, 1.82) is 0 Å². The molecule has 3 N–H and O–H groups in total. The maximum Gasteiger partial charge on any atom is 0.232 e. The van der Waals surface area contributed by atoms with E-state index in [9.17, 15) is 14.7 Å². The Morgan fingerprint density at radius 3 is 2.32 bits per heavy atom. The second-order valence-electron chi connectivity index (χ2n) is 7.42. The Morgan fingerprint density at radius 1 is 1.11 bits per heavy atom. The summed E-state index contributed by atoms with van der Waals surface area (Å²) in [6.45, 7) is 8.73. The van der Waals surface area contributed by atoms with Gasteiger partial charge in [0.15, 0.2) is 0 Å². The predicted molar refractivity (Wildman–Crippen MR) is 108 cm³/mol. The summed E-state index contributed by atoms with van der Waals surface area (Å²) in [4.78, 5) is 27.2. The lowest BCUT2D eigenvalue weighted by atomic mass is 10.00. The molecule has 1 aromatic rings. The van der Waals surface area contributed by atoms with Crippen molar-refractivity contribution in [2.24, 2.45) is 5.92 Å². The molecule has 1 heterocycles. The molecule has 0 bridgehead atoms. The highest BCUT2D eigenvalue weighted by Gasteiger charge is 2.30. The van der Waals surface area contributed by atoms with E-state index in [4.69, 9.17) is 4.74 Å². The van der Waals surface area contributed by atoms with Crippen molar-refractivity contribution in [1.82, 2.24) is 15.5 Å². The average molecular weight is 392 g/mol. The van der Waals surface area contributed by atoms with Gasteiger partial charge in [-0.25, -0.2) is 0 Å². The first-order valence-electron chi connectivity index (χ1n) is 10.1. The normalized spacial score (nSPS) is 19.3. The van der Waals surface area contributed by atoms with Gasteiger partial charge >= 0.3 is 0 Å². The van der Waals surface area contributed by atoms with Crippen LogP contribution in [0.25, 0.3) is 0 Å². The first-order chi connectivity index (χ1) is 13.4. The number of carbonyl (C=O) groups is 2. The van der Waals surface area contributed by atoms with Crippen LogP contribution in [0.1, 0.15) is 38.9 Å². The fourth-order valence-corrected chi connectivity index (χ4v) is 3.07. The second kappa shape index (κ2) is 11.1. The lowest BCUT2D eigenvalue weighted by Crippen LogP contribution is -2.52. The molecule has 0 radical (unpaired) electrons. The van der Waals surface area contributed by atoms with Gasteiger partial charge in [0.25, 0.3) is 0 Å². The molecule has 2 amide bonds. The summed E-state index contributed by atoms with van der Waals surface area (Å²) < 4.78 is 5.38. The van der Waals surface area contributed by atoms with Crippen LogP contribution in [0.4, 0.5) is 0 Å². The van der Waals surface area contributed by atoms with Gasteiger partial charge in [0, 0.05) is 25.7 Å². The van der Waals surface area contributed by atoms with Crippen LogP contribution in [-0.4, -0.2) is 66.8 Å². The third kappa shape index (κ3) is 6.58. The zero-order chi connectivity index (χ0) is 20.5. The van der Waals surface area contributed by atoms with Crippen molar-refractivity contribution in [3.8, 4) is 0 Å². The molecule has 1 aliphatic heterocycles. The number of rotatable bonds is 9. The smallest absolute Gasteiger partial charge is 0.232 e. The molecule has 1 fully saturated rings. The van der Waals surface area contributed by atoms with E-state index in [0.29, 0.717) is 19.8 Å². The van der Waals surface area contributed by atoms with E-state index in [1.807, 2.05) is 44.2 Å². The van der Waals surface area contributed by atoms with Gasteiger partial charge in [-0.3, -0.25) is 14.5 Å². The van der Waals surface area contributed by atoms with Crippen molar-refractivity contribution in [2.45, 2.75) is 45.4 Å². The number of benzene rings is 1. The summed E-state index contributed by atoms with van der Waals surface area (Å²) in [5, 5.41) is 16.6. The Balaban J connectivity index is 2.07. The molecule has 7 heteroatoms. The minimum absolute atomic E-state index is 0.0156. The van der Waals surface area contributed by atoms with Gasteiger partial charge < -0.3 is 20.5 Å². The van der Waals surface area contributed by atoms with E-state index in [1.54, 1.807) is 6.92 Å². The van der Waals surface area contributed by atoms with Crippen LogP contribution in [0.5, 0.6) is 0 Å². The number of hydrogen-bond acceptors (Lipinski definition) is 5. The van der Waals surface area contributed by atoms with E-state index in [2.05, 4.69) is 15.5 Å². The second-order valence-corrected chi connectivity index (χ2v) is 7.42. The standard InChI is InChI=1S/C21H33N3O4/c1-4-15(2)22-20(26)16(3)21(27)23-18(14-24-10-12-28-13-11-24)19(25)17-8-6-5-7-9-17/h5-9,15-16,18-19,25H,4,10-14H2,1-3H3,(H,22,26)(H,23,27)/t15?,16?,18-,19-/m0/s1. The summed E-state index contributed by atoms with van der Waals surface area (Å²) in [7, 11) is 0. The van der Waals surface area contributed by atoms with Crippen LogP contribution in [0.15, 0.2) is 30.3 Å². The molecule has 1 saturated heterocycles. The Morgan fingerprint density at radius 2 is 1.71 bits per heavy atom. The topological polar surface area (TPSA) is 90.9 Å². The molecule has 28 heavy (non-hydrogen) atoms. The fraction of sp³-hybridized carbons (Fsp3) is 0.619. The zero-order valence-corrected chi connectivity index (χ0v) is 17.1. The quantitative estimate of drug-likeness (QED) is 0.548. The molecule has 0 spiro atoms. The highest BCUT2D eigenvalue weighted by Crippen LogP contribution is 2.18. The van der Waals surface area contributed by atoms with Gasteiger partial charge in [-0.05, 0) is 25.8 Å². The van der Waals surface area contributed by atoms with Crippen LogP contribution in [0, 0.1) is 5.92 Å². The van der Waals surface area contributed by atoms with E-state index in [1.165, 1.54) is 0 Å². The van der Waals surface area contributed by atoms with Crippen molar-refractivity contribution < 1.29 is 19.4 Å². The molecule has 156 valence electrons. The van der Waals surface area contributed by atoms with Crippen LogP contribution in [-0.2, 0) is 14.3 Å². The number of nitrogens with one attached hydrogen (secondary N) is 2. The third-order valence-electron chi connectivity index (χ3n) is 5.20. The van der Waals surface area contributed by atoms with Gasteiger partial charge in [0.05, 0.1) is 19.3 Å². The van der Waals surface area contributed by atoms with Crippen LogP contribution >= 0.6 is 0 Å². The number of carbonyl (C=O) groups excluding carboxylic acids is 2. The Kier molecular flexibility index (Phi) is 8.89. The van der Waals surface area contributed by atoms with Crippen LogP contribution in [0.3, 0.4) is 0 Å². The van der Waals surface area contributed by atoms with Gasteiger partial charge in [-0.1, -0.05) is 37.3 Å². The molecule has 2 unspecified atom stereocenters. The van der Waals surface area contributed by atoms with E-state index in [-0.39, 0.29) is 17.9 Å². The summed E-state index contributed by atoms with van der Waals surface area (Å²) in [5.74, 6) is -1.51. The lowest BCUT2D eigenvalue weighted by molar-refractivity contribution is -0.136. The first-order valence-corrected chi connectivity index (χ1v) is 10.1. The summed E-state index contributed by atoms with van der Waals surface area (Å²) in [6.07, 6.45) is -0.0651. The predicted octanol–water partition coefficient (Wildman–Crippen LogP) is 1.09. The number of amides is 2. The molecule has 4 atom stereocenters. The van der Waals surface area contributed by atoms with Gasteiger partial charge in [0.1, 0.15) is 12.0 Å². The highest BCUT2D eigenvalue weighted by atomic mass is 16.5.